The summed E-state index contributed by atoms with van der Waals surface area (Å²) >= 11 is 0. The number of hydrogen-bond donors (Lipinski definition) is 2. The van der Waals surface area contributed by atoms with Gasteiger partial charge in [-0.2, -0.15) is 5.10 Å². The van der Waals surface area contributed by atoms with Crippen LogP contribution in [0, 0.1) is 0 Å². The summed E-state index contributed by atoms with van der Waals surface area (Å²) in [4.78, 5) is 4.59. The van der Waals surface area contributed by atoms with Crippen molar-refractivity contribution < 1.29 is 4.74 Å². The lowest BCUT2D eigenvalue weighted by Gasteiger charge is -2.10. The van der Waals surface area contributed by atoms with E-state index >= 15 is 0 Å². The van der Waals surface area contributed by atoms with Gasteiger partial charge in [-0.1, -0.05) is 18.2 Å². The first kappa shape index (κ1) is 17.0. The smallest absolute Gasteiger partial charge is 0.191 e. The first-order chi connectivity index (χ1) is 11.3. The minimum absolute atomic E-state index is 0.590. The van der Waals surface area contributed by atoms with Crippen LogP contribution in [0.25, 0.3) is 5.69 Å². The fraction of sp³-hybridized carbons (Fsp3) is 0.412. The van der Waals surface area contributed by atoms with Gasteiger partial charge in [-0.3, -0.25) is 0 Å². The molecule has 1 aromatic heterocycles. The summed E-state index contributed by atoms with van der Waals surface area (Å²) in [7, 11) is 1.71. The highest BCUT2D eigenvalue weighted by Crippen LogP contribution is 2.08. The van der Waals surface area contributed by atoms with E-state index in [2.05, 4.69) is 27.6 Å². The molecule has 0 amide bonds. The quantitative estimate of drug-likeness (QED) is 0.444. The number of para-hydroxylation sites is 1. The molecule has 0 fully saturated rings. The van der Waals surface area contributed by atoms with E-state index in [4.69, 9.17) is 4.74 Å². The number of nitrogens with zero attached hydrogens (tertiary/aromatic N) is 3. The number of hydrogen-bond acceptors (Lipinski definition) is 3. The Labute approximate surface area is 137 Å². The topological polar surface area (TPSA) is 63.5 Å². The number of rotatable bonds is 8. The lowest BCUT2D eigenvalue weighted by Crippen LogP contribution is -2.38. The molecule has 1 heterocycles. The summed E-state index contributed by atoms with van der Waals surface area (Å²) in [5.74, 6) is 0.816. The van der Waals surface area contributed by atoms with Gasteiger partial charge in [0, 0.05) is 38.6 Å². The number of benzene rings is 1. The summed E-state index contributed by atoms with van der Waals surface area (Å²) in [5, 5.41) is 10.9. The van der Waals surface area contributed by atoms with Gasteiger partial charge >= 0.3 is 0 Å². The van der Waals surface area contributed by atoms with Crippen molar-refractivity contribution in [3.8, 4) is 5.69 Å². The van der Waals surface area contributed by atoms with Gasteiger partial charge in [-0.15, -0.1) is 0 Å². The summed E-state index contributed by atoms with van der Waals surface area (Å²) in [5.41, 5.74) is 2.12. The maximum absolute atomic E-state index is 5.05. The second kappa shape index (κ2) is 9.63. The van der Waals surface area contributed by atoms with Gasteiger partial charge < -0.3 is 15.4 Å². The molecule has 0 aliphatic carbocycles. The van der Waals surface area contributed by atoms with Crippen molar-refractivity contribution in [2.75, 3.05) is 26.8 Å². The molecule has 6 nitrogen and oxygen atoms in total. The zero-order valence-corrected chi connectivity index (χ0v) is 13.8. The Balaban J connectivity index is 1.92. The molecule has 0 unspecified atom stereocenters. The molecule has 0 saturated heterocycles. The Morgan fingerprint density at radius 3 is 2.83 bits per heavy atom. The predicted molar refractivity (Wildman–Crippen MR) is 92.9 cm³/mol. The summed E-state index contributed by atoms with van der Waals surface area (Å²) in [6.07, 6.45) is 4.81. The van der Waals surface area contributed by atoms with E-state index < -0.39 is 0 Å². The van der Waals surface area contributed by atoms with Crippen LogP contribution in [0.1, 0.15) is 18.9 Å². The largest absolute Gasteiger partial charge is 0.385 e. The third kappa shape index (κ3) is 5.75. The molecule has 23 heavy (non-hydrogen) atoms. The molecule has 1 aromatic carbocycles. The lowest BCUT2D eigenvalue weighted by molar-refractivity contribution is 0.195. The van der Waals surface area contributed by atoms with Gasteiger partial charge in [0.25, 0.3) is 0 Å². The van der Waals surface area contributed by atoms with Crippen molar-refractivity contribution in [1.29, 1.82) is 0 Å². The van der Waals surface area contributed by atoms with E-state index in [1.165, 1.54) is 0 Å². The molecule has 0 aliphatic rings. The molecular formula is C17H25N5O. The highest BCUT2D eigenvalue weighted by molar-refractivity contribution is 5.79. The van der Waals surface area contributed by atoms with E-state index in [1.807, 2.05) is 47.4 Å². The van der Waals surface area contributed by atoms with Crippen molar-refractivity contribution in [3.63, 3.8) is 0 Å². The summed E-state index contributed by atoms with van der Waals surface area (Å²) < 4.78 is 6.91. The third-order valence-corrected chi connectivity index (χ3v) is 3.24. The number of ether oxygens (including phenoxy) is 1. The van der Waals surface area contributed by atoms with Gasteiger partial charge in [-0.05, 0) is 25.5 Å². The van der Waals surface area contributed by atoms with E-state index in [0.29, 0.717) is 6.54 Å². The van der Waals surface area contributed by atoms with Crippen LogP contribution in [0.5, 0.6) is 0 Å². The summed E-state index contributed by atoms with van der Waals surface area (Å²) in [6, 6.07) is 10.1. The van der Waals surface area contributed by atoms with Crippen molar-refractivity contribution in [1.82, 2.24) is 20.4 Å². The number of methoxy groups -OCH3 is 1. The molecule has 2 N–H and O–H groups in total. The maximum atomic E-state index is 5.05. The predicted octanol–water partition coefficient (Wildman–Crippen LogP) is 1.96. The van der Waals surface area contributed by atoms with Crippen LogP contribution in [-0.2, 0) is 11.3 Å². The van der Waals surface area contributed by atoms with Gasteiger partial charge in [0.05, 0.1) is 18.4 Å². The molecule has 0 atom stereocenters. The lowest BCUT2D eigenvalue weighted by atomic mass is 10.3. The Bertz CT molecular complexity index is 594. The van der Waals surface area contributed by atoms with Crippen molar-refractivity contribution in [3.05, 3.63) is 48.3 Å². The number of guanidine groups is 1. The van der Waals surface area contributed by atoms with Crippen LogP contribution in [0.4, 0.5) is 0 Å². The fourth-order valence-electron chi connectivity index (χ4n) is 2.10. The molecule has 0 bridgehead atoms. The normalized spacial score (nSPS) is 11.5. The maximum Gasteiger partial charge on any atom is 0.191 e. The standard InChI is InChI=1S/C17H25N5O/c1-3-18-17(19-10-7-11-23-2)20-12-15-13-21-22(14-15)16-8-5-4-6-9-16/h4-6,8-9,13-14H,3,7,10-12H2,1-2H3,(H2,18,19,20). The highest BCUT2D eigenvalue weighted by Gasteiger charge is 2.01. The zero-order valence-electron chi connectivity index (χ0n) is 13.8. The van der Waals surface area contributed by atoms with Crippen LogP contribution < -0.4 is 10.6 Å². The third-order valence-electron chi connectivity index (χ3n) is 3.24. The van der Waals surface area contributed by atoms with Crippen LogP contribution in [0.3, 0.4) is 0 Å². The molecule has 0 radical (unpaired) electrons. The Morgan fingerprint density at radius 2 is 2.09 bits per heavy atom. The number of aromatic nitrogens is 2. The highest BCUT2D eigenvalue weighted by atomic mass is 16.5. The monoisotopic (exact) mass is 315 g/mol. The Kier molecular flexibility index (Phi) is 7.13. The number of aliphatic imine (C=N–C) groups is 1. The van der Waals surface area contributed by atoms with E-state index in [-0.39, 0.29) is 0 Å². The summed E-state index contributed by atoms with van der Waals surface area (Å²) in [6.45, 7) is 5.06. The van der Waals surface area contributed by atoms with Gasteiger partial charge in [0.2, 0.25) is 0 Å². The Hall–Kier alpha value is -2.34. The van der Waals surface area contributed by atoms with Crippen LogP contribution >= 0.6 is 0 Å². The van der Waals surface area contributed by atoms with Crippen molar-refractivity contribution in [2.24, 2.45) is 4.99 Å². The molecule has 2 rings (SSSR count). The molecule has 0 aliphatic heterocycles. The molecule has 124 valence electrons. The van der Waals surface area contributed by atoms with Crippen LogP contribution in [0.2, 0.25) is 0 Å². The van der Waals surface area contributed by atoms with Gasteiger partial charge in [0.1, 0.15) is 0 Å². The molecule has 6 heteroatoms. The van der Waals surface area contributed by atoms with Gasteiger partial charge in [-0.25, -0.2) is 9.67 Å². The first-order valence-corrected chi connectivity index (χ1v) is 7.93. The Morgan fingerprint density at radius 1 is 1.26 bits per heavy atom. The second-order valence-corrected chi connectivity index (χ2v) is 5.10. The number of nitrogens with one attached hydrogen (secondary N) is 2. The van der Waals surface area contributed by atoms with Gasteiger partial charge in [0.15, 0.2) is 5.96 Å². The molecule has 2 aromatic rings. The van der Waals surface area contributed by atoms with E-state index in [1.54, 1.807) is 7.11 Å². The molecule has 0 spiro atoms. The van der Waals surface area contributed by atoms with Crippen molar-refractivity contribution >= 4 is 5.96 Å². The average molecular weight is 315 g/mol. The van der Waals surface area contributed by atoms with Crippen LogP contribution in [0.15, 0.2) is 47.7 Å². The first-order valence-electron chi connectivity index (χ1n) is 7.93. The van der Waals surface area contributed by atoms with E-state index in [9.17, 15) is 0 Å². The molecular weight excluding hydrogens is 290 g/mol. The SMILES string of the molecule is CCNC(=NCc1cnn(-c2ccccc2)c1)NCCCOC. The average Bonchev–Trinajstić information content (AvgIpc) is 3.06. The minimum atomic E-state index is 0.590. The van der Waals surface area contributed by atoms with Crippen molar-refractivity contribution in [2.45, 2.75) is 19.9 Å². The second-order valence-electron chi connectivity index (χ2n) is 5.10. The van der Waals surface area contributed by atoms with E-state index in [0.717, 1.165) is 43.3 Å². The molecule has 0 saturated carbocycles. The zero-order chi connectivity index (χ0) is 16.3. The van der Waals surface area contributed by atoms with Crippen LogP contribution in [-0.4, -0.2) is 42.5 Å². The minimum Gasteiger partial charge on any atom is -0.385 e. The fourth-order valence-corrected chi connectivity index (χ4v) is 2.10.